The number of carboxylic acid groups (broad SMARTS) is 1. The molecule has 0 spiro atoms. The van der Waals surface area contributed by atoms with E-state index in [0.29, 0.717) is 6.54 Å². The molecule has 0 amide bonds. The lowest BCUT2D eigenvalue weighted by Gasteiger charge is -2.34. The van der Waals surface area contributed by atoms with Gasteiger partial charge in [-0.15, -0.1) is 0 Å². The number of carboxylic acids is 1. The van der Waals surface area contributed by atoms with Crippen molar-refractivity contribution in [1.29, 1.82) is 0 Å². The summed E-state index contributed by atoms with van der Waals surface area (Å²) >= 11 is 0. The fourth-order valence-electron chi connectivity index (χ4n) is 2.00. The molecule has 2 heterocycles. The zero-order valence-electron chi connectivity index (χ0n) is 10.5. The van der Waals surface area contributed by atoms with Crippen LogP contribution in [0.4, 0.5) is 0 Å². The van der Waals surface area contributed by atoms with Gasteiger partial charge in [-0.25, -0.2) is 9.78 Å². The Morgan fingerprint density at radius 2 is 2.22 bits per heavy atom. The molecule has 1 aliphatic heterocycles. The van der Waals surface area contributed by atoms with E-state index in [9.17, 15) is 4.79 Å². The van der Waals surface area contributed by atoms with Gasteiger partial charge in [-0.05, 0) is 31.9 Å². The van der Waals surface area contributed by atoms with Crippen molar-refractivity contribution >= 4 is 5.97 Å². The van der Waals surface area contributed by atoms with Crippen LogP contribution in [-0.2, 0) is 11.3 Å². The first kappa shape index (κ1) is 13.0. The Labute approximate surface area is 106 Å². The molecule has 1 fully saturated rings. The number of pyridine rings is 1. The van der Waals surface area contributed by atoms with Crippen LogP contribution >= 0.6 is 0 Å². The van der Waals surface area contributed by atoms with Gasteiger partial charge in [0.1, 0.15) is 5.69 Å². The Kier molecular flexibility index (Phi) is 3.93. The maximum Gasteiger partial charge on any atom is 0.354 e. The average Bonchev–Trinajstić information content (AvgIpc) is 2.38. The second-order valence-electron chi connectivity index (χ2n) is 4.85. The number of rotatable bonds is 4. The highest BCUT2D eigenvalue weighted by Gasteiger charge is 2.26. The molecule has 0 saturated carbocycles. The minimum Gasteiger partial charge on any atom is -0.477 e. The van der Waals surface area contributed by atoms with Crippen LogP contribution in [0.1, 0.15) is 35.9 Å². The van der Waals surface area contributed by atoms with Gasteiger partial charge in [0.2, 0.25) is 0 Å². The van der Waals surface area contributed by atoms with Gasteiger partial charge in [0, 0.05) is 25.3 Å². The van der Waals surface area contributed by atoms with Crippen molar-refractivity contribution in [1.82, 2.24) is 10.3 Å². The number of ether oxygens (including phenoxy) is 1. The molecule has 1 aliphatic rings. The predicted octanol–water partition coefficient (Wildman–Crippen LogP) is 1.44. The number of aromatic nitrogens is 1. The molecule has 0 aliphatic carbocycles. The molecule has 0 bridgehead atoms. The van der Waals surface area contributed by atoms with Gasteiger partial charge in [0.05, 0.1) is 5.69 Å². The Morgan fingerprint density at radius 1 is 1.50 bits per heavy atom. The van der Waals surface area contributed by atoms with Gasteiger partial charge in [0.15, 0.2) is 0 Å². The molecule has 0 aromatic carbocycles. The maximum atomic E-state index is 10.8. The summed E-state index contributed by atoms with van der Waals surface area (Å²) in [6.07, 6.45) is 1.93. The molecule has 0 atom stereocenters. The first-order valence-electron chi connectivity index (χ1n) is 6.11. The predicted molar refractivity (Wildman–Crippen MR) is 66.5 cm³/mol. The minimum absolute atomic E-state index is 0.0547. The van der Waals surface area contributed by atoms with Gasteiger partial charge < -0.3 is 15.2 Å². The number of carbonyl (C=O) groups is 1. The lowest BCUT2D eigenvalue weighted by molar-refractivity contribution is 0.0445. The van der Waals surface area contributed by atoms with Crippen LogP contribution in [0.2, 0.25) is 0 Å². The van der Waals surface area contributed by atoms with Crippen LogP contribution in [0.25, 0.3) is 0 Å². The monoisotopic (exact) mass is 250 g/mol. The van der Waals surface area contributed by atoms with E-state index in [0.717, 1.165) is 31.7 Å². The van der Waals surface area contributed by atoms with Crippen molar-refractivity contribution in [3.8, 4) is 0 Å². The van der Waals surface area contributed by atoms with Crippen LogP contribution in [0.5, 0.6) is 0 Å². The third-order valence-electron chi connectivity index (χ3n) is 3.32. The van der Waals surface area contributed by atoms with Gasteiger partial charge in [-0.1, -0.05) is 6.07 Å². The Morgan fingerprint density at radius 3 is 2.89 bits per heavy atom. The molecular weight excluding hydrogens is 232 g/mol. The van der Waals surface area contributed by atoms with Crippen molar-refractivity contribution in [3.63, 3.8) is 0 Å². The number of nitrogens with zero attached hydrogens (tertiary/aromatic N) is 1. The SMILES string of the molecule is CC1(NCc2cccc(C(=O)O)n2)CCOCC1. The topological polar surface area (TPSA) is 71.5 Å². The smallest absolute Gasteiger partial charge is 0.354 e. The number of hydrogen-bond acceptors (Lipinski definition) is 4. The Hall–Kier alpha value is -1.46. The molecule has 1 aromatic heterocycles. The van der Waals surface area contributed by atoms with Gasteiger partial charge in [0.25, 0.3) is 0 Å². The average molecular weight is 250 g/mol. The molecule has 18 heavy (non-hydrogen) atoms. The molecule has 1 aromatic rings. The van der Waals surface area contributed by atoms with Crippen LogP contribution < -0.4 is 5.32 Å². The van der Waals surface area contributed by atoms with Gasteiger partial charge in [-0.3, -0.25) is 0 Å². The van der Waals surface area contributed by atoms with E-state index < -0.39 is 5.97 Å². The van der Waals surface area contributed by atoms with E-state index in [2.05, 4.69) is 17.2 Å². The van der Waals surface area contributed by atoms with Crippen molar-refractivity contribution in [2.75, 3.05) is 13.2 Å². The van der Waals surface area contributed by atoms with Crippen LogP contribution in [0.3, 0.4) is 0 Å². The summed E-state index contributed by atoms with van der Waals surface area (Å²) in [5.41, 5.74) is 0.896. The maximum absolute atomic E-state index is 10.8. The molecule has 0 radical (unpaired) electrons. The fourth-order valence-corrected chi connectivity index (χ4v) is 2.00. The summed E-state index contributed by atoms with van der Waals surface area (Å²) in [5.74, 6) is -0.992. The van der Waals surface area contributed by atoms with Gasteiger partial charge in [-0.2, -0.15) is 0 Å². The Bertz CT molecular complexity index is 428. The first-order valence-corrected chi connectivity index (χ1v) is 6.11. The highest BCUT2D eigenvalue weighted by atomic mass is 16.5. The highest BCUT2D eigenvalue weighted by molar-refractivity contribution is 5.85. The van der Waals surface area contributed by atoms with Crippen LogP contribution in [0, 0.1) is 0 Å². The second-order valence-corrected chi connectivity index (χ2v) is 4.85. The molecule has 5 nitrogen and oxygen atoms in total. The van der Waals surface area contributed by atoms with E-state index in [1.54, 1.807) is 6.07 Å². The third-order valence-corrected chi connectivity index (χ3v) is 3.32. The number of hydrogen-bond donors (Lipinski definition) is 2. The number of nitrogens with one attached hydrogen (secondary N) is 1. The summed E-state index contributed by atoms with van der Waals surface area (Å²) in [5, 5.41) is 12.3. The van der Waals surface area contributed by atoms with E-state index in [4.69, 9.17) is 9.84 Å². The van der Waals surface area contributed by atoms with Gasteiger partial charge >= 0.3 is 5.97 Å². The van der Waals surface area contributed by atoms with Crippen molar-refractivity contribution in [3.05, 3.63) is 29.6 Å². The van der Waals surface area contributed by atoms with Crippen LogP contribution in [-0.4, -0.2) is 34.8 Å². The van der Waals surface area contributed by atoms with E-state index in [-0.39, 0.29) is 11.2 Å². The lowest BCUT2D eigenvalue weighted by Crippen LogP contribution is -2.46. The minimum atomic E-state index is -0.992. The summed E-state index contributed by atoms with van der Waals surface area (Å²) in [6.45, 7) is 4.28. The van der Waals surface area contributed by atoms with E-state index in [1.807, 2.05) is 6.07 Å². The standard InChI is InChI=1S/C13H18N2O3/c1-13(5-7-18-8-6-13)14-9-10-3-2-4-11(15-10)12(16)17/h2-4,14H,5-9H2,1H3,(H,16,17). The van der Waals surface area contributed by atoms with Crippen molar-refractivity contribution < 1.29 is 14.6 Å². The summed E-state index contributed by atoms with van der Waals surface area (Å²) in [6, 6.07) is 5.06. The lowest BCUT2D eigenvalue weighted by atomic mass is 9.92. The molecule has 2 N–H and O–H groups in total. The molecule has 1 saturated heterocycles. The van der Waals surface area contributed by atoms with Crippen LogP contribution in [0.15, 0.2) is 18.2 Å². The highest BCUT2D eigenvalue weighted by Crippen LogP contribution is 2.20. The fraction of sp³-hybridized carbons (Fsp3) is 0.538. The van der Waals surface area contributed by atoms with E-state index in [1.165, 1.54) is 6.07 Å². The Balaban J connectivity index is 1.97. The second kappa shape index (κ2) is 5.46. The molecular formula is C13H18N2O3. The third kappa shape index (κ3) is 3.27. The zero-order chi connectivity index (χ0) is 13.0. The molecule has 98 valence electrons. The molecule has 2 rings (SSSR count). The summed E-state index contributed by atoms with van der Waals surface area (Å²) < 4.78 is 5.33. The first-order chi connectivity index (χ1) is 8.59. The molecule has 5 heteroatoms. The largest absolute Gasteiger partial charge is 0.477 e. The molecule has 0 unspecified atom stereocenters. The van der Waals surface area contributed by atoms with Crippen molar-refractivity contribution in [2.45, 2.75) is 31.8 Å². The van der Waals surface area contributed by atoms with Crippen molar-refractivity contribution in [2.24, 2.45) is 0 Å². The van der Waals surface area contributed by atoms with E-state index >= 15 is 0 Å². The normalized spacial score (nSPS) is 18.5. The summed E-state index contributed by atoms with van der Waals surface area (Å²) in [7, 11) is 0. The quantitative estimate of drug-likeness (QED) is 0.846. The summed E-state index contributed by atoms with van der Waals surface area (Å²) in [4.78, 5) is 14.9. The number of aromatic carboxylic acids is 1. The zero-order valence-corrected chi connectivity index (χ0v) is 10.5.